The van der Waals surface area contributed by atoms with E-state index in [1.807, 2.05) is 0 Å². The molecule has 0 aromatic carbocycles. The van der Waals surface area contributed by atoms with Gasteiger partial charge in [-0.05, 0) is 6.42 Å². The fourth-order valence-electron chi connectivity index (χ4n) is 0.550. The zero-order valence-electron chi connectivity index (χ0n) is 6.76. The minimum atomic E-state index is 0.715. The van der Waals surface area contributed by atoms with Crippen LogP contribution in [0.4, 0.5) is 0 Å². The molecule has 4 heteroatoms. The van der Waals surface area contributed by atoms with Gasteiger partial charge < -0.3 is 13.3 Å². The van der Waals surface area contributed by atoms with Gasteiger partial charge in [0.15, 0.2) is 0 Å². The van der Waals surface area contributed by atoms with Crippen molar-refractivity contribution in [3.8, 4) is 0 Å². The standard InChI is InChI=1S/C6H13O3.Al.2H/c1-8-4-2-5-9-6-3-7;;;/h2-6H2,1H3;;;/q-1;+1;;. The van der Waals surface area contributed by atoms with Crippen LogP contribution in [0.25, 0.3) is 0 Å². The molecule has 0 aromatic heterocycles. The van der Waals surface area contributed by atoms with E-state index in [9.17, 15) is 0 Å². The van der Waals surface area contributed by atoms with Crippen LogP contribution in [-0.4, -0.2) is 50.2 Å². The third kappa shape index (κ3) is 8.41. The van der Waals surface area contributed by atoms with Crippen molar-refractivity contribution in [2.24, 2.45) is 0 Å². The maximum atomic E-state index is 5.19. The van der Waals surface area contributed by atoms with Crippen molar-refractivity contribution in [2.75, 3.05) is 33.5 Å². The highest BCUT2D eigenvalue weighted by atomic mass is 27.1. The summed E-state index contributed by atoms with van der Waals surface area (Å²) in [5.74, 6) is 0. The Kier molecular flexibility index (Phi) is 9.80. The van der Waals surface area contributed by atoms with E-state index in [-0.39, 0.29) is 0 Å². The Hall–Kier alpha value is 0.412. The lowest BCUT2D eigenvalue weighted by atomic mass is 10.5. The van der Waals surface area contributed by atoms with Gasteiger partial charge >= 0.3 is 16.6 Å². The predicted octanol–water partition coefficient (Wildman–Crippen LogP) is -0.396. The van der Waals surface area contributed by atoms with Crippen LogP contribution in [0.3, 0.4) is 0 Å². The topological polar surface area (TPSA) is 27.7 Å². The van der Waals surface area contributed by atoms with Crippen LogP contribution in [0.15, 0.2) is 0 Å². The first-order valence-corrected chi connectivity index (χ1v) is 4.29. The Labute approximate surface area is 70.4 Å². The van der Waals surface area contributed by atoms with Gasteiger partial charge in [0.25, 0.3) is 0 Å². The summed E-state index contributed by atoms with van der Waals surface area (Å²) in [6.45, 7) is 3.01. The second kappa shape index (κ2) is 9.41. The van der Waals surface area contributed by atoms with E-state index in [1.54, 1.807) is 7.11 Å². The molecule has 60 valence electrons. The molecule has 0 spiro atoms. The van der Waals surface area contributed by atoms with Crippen molar-refractivity contribution < 1.29 is 13.3 Å². The molecule has 0 saturated carbocycles. The number of hydrogen-bond acceptors (Lipinski definition) is 3. The lowest BCUT2D eigenvalue weighted by Gasteiger charge is -2.02. The van der Waals surface area contributed by atoms with E-state index in [0.29, 0.717) is 6.61 Å². The van der Waals surface area contributed by atoms with Crippen LogP contribution in [0.2, 0.25) is 0 Å². The van der Waals surface area contributed by atoms with Gasteiger partial charge in [0, 0.05) is 26.9 Å². The summed E-state index contributed by atoms with van der Waals surface area (Å²) in [6, 6.07) is 0. The molecule has 0 bridgehead atoms. The average molecular weight is 162 g/mol. The molecule has 0 heterocycles. The molecule has 0 aliphatic rings. The van der Waals surface area contributed by atoms with Crippen LogP contribution >= 0.6 is 0 Å². The summed E-state index contributed by atoms with van der Waals surface area (Å²) in [7, 11) is 1.70. The molecule has 0 aliphatic heterocycles. The second-order valence-corrected chi connectivity index (χ2v) is 2.53. The summed E-state index contributed by atoms with van der Waals surface area (Å²) in [6.07, 6.45) is 0.970. The molecular formula is C6H15AlO3. The second-order valence-electron chi connectivity index (χ2n) is 1.95. The fraction of sp³-hybridized carbons (Fsp3) is 1.00. The van der Waals surface area contributed by atoms with Crippen LogP contribution in [0.5, 0.6) is 0 Å². The summed E-state index contributed by atoms with van der Waals surface area (Å²) < 4.78 is 15.0. The average Bonchev–Trinajstić information content (AvgIpc) is 1.97. The van der Waals surface area contributed by atoms with E-state index in [2.05, 4.69) is 0 Å². The first kappa shape index (κ1) is 10.4. The van der Waals surface area contributed by atoms with Crippen molar-refractivity contribution in [3.63, 3.8) is 0 Å². The highest BCUT2D eigenvalue weighted by molar-refractivity contribution is 5.97. The molecule has 0 amide bonds. The van der Waals surface area contributed by atoms with E-state index < -0.39 is 0 Å². The van der Waals surface area contributed by atoms with Crippen LogP contribution in [0, 0.1) is 0 Å². The van der Waals surface area contributed by atoms with Crippen LogP contribution < -0.4 is 0 Å². The third-order valence-electron chi connectivity index (χ3n) is 1.07. The van der Waals surface area contributed by atoms with Gasteiger partial charge in [-0.15, -0.1) is 0 Å². The minimum Gasteiger partial charge on any atom is -0.504 e. The summed E-state index contributed by atoms with van der Waals surface area (Å²) in [5.41, 5.74) is 0. The smallest absolute Gasteiger partial charge is 0.410 e. The molecule has 0 atom stereocenters. The van der Waals surface area contributed by atoms with E-state index in [1.165, 1.54) is 0 Å². The van der Waals surface area contributed by atoms with Crippen molar-refractivity contribution >= 4 is 16.6 Å². The Balaban J connectivity index is 2.65. The van der Waals surface area contributed by atoms with Crippen LogP contribution in [0.1, 0.15) is 6.42 Å². The lowest BCUT2D eigenvalue weighted by Crippen LogP contribution is -2.05. The van der Waals surface area contributed by atoms with Gasteiger partial charge in [-0.2, -0.15) is 0 Å². The normalized spacial score (nSPS) is 10.1. The zero-order chi connectivity index (χ0) is 7.66. The number of hydrogen-bond donors (Lipinski definition) is 0. The molecule has 0 aromatic rings. The Morgan fingerprint density at radius 1 is 1.10 bits per heavy atom. The first-order valence-electron chi connectivity index (χ1n) is 3.47. The molecule has 0 unspecified atom stereocenters. The SMILES string of the molecule is COCCCOCC[O][AlH2]. The minimum absolute atomic E-state index is 0.715. The van der Waals surface area contributed by atoms with Gasteiger partial charge in [0.1, 0.15) is 0 Å². The Morgan fingerprint density at radius 3 is 2.50 bits per heavy atom. The summed E-state index contributed by atoms with van der Waals surface area (Å²) in [4.78, 5) is 0. The number of methoxy groups -OCH3 is 1. The third-order valence-corrected chi connectivity index (χ3v) is 1.48. The van der Waals surface area contributed by atoms with Gasteiger partial charge in [0.2, 0.25) is 0 Å². The molecule has 10 heavy (non-hydrogen) atoms. The molecule has 0 radical (unpaired) electrons. The highest BCUT2D eigenvalue weighted by Gasteiger charge is 1.86. The molecule has 3 nitrogen and oxygen atoms in total. The largest absolute Gasteiger partial charge is 0.504 e. The number of ether oxygens (including phenoxy) is 2. The lowest BCUT2D eigenvalue weighted by molar-refractivity contribution is 0.0828. The van der Waals surface area contributed by atoms with E-state index in [0.717, 1.165) is 42.9 Å². The monoisotopic (exact) mass is 162 g/mol. The maximum absolute atomic E-state index is 5.19. The maximum Gasteiger partial charge on any atom is 0.410 e. The highest BCUT2D eigenvalue weighted by Crippen LogP contribution is 1.82. The molecule has 0 N–H and O–H groups in total. The van der Waals surface area contributed by atoms with E-state index >= 15 is 0 Å². The van der Waals surface area contributed by atoms with Crippen molar-refractivity contribution in [2.45, 2.75) is 6.42 Å². The van der Waals surface area contributed by atoms with Crippen molar-refractivity contribution in [3.05, 3.63) is 0 Å². The number of rotatable bonds is 7. The Morgan fingerprint density at radius 2 is 1.90 bits per heavy atom. The van der Waals surface area contributed by atoms with Crippen molar-refractivity contribution in [1.82, 2.24) is 0 Å². The van der Waals surface area contributed by atoms with Gasteiger partial charge in [-0.1, -0.05) is 0 Å². The Bertz CT molecular complexity index is 53.0. The molecule has 0 fully saturated rings. The summed E-state index contributed by atoms with van der Waals surface area (Å²) in [5, 5.41) is 0. The first-order chi connectivity index (χ1) is 4.91. The van der Waals surface area contributed by atoms with Crippen LogP contribution in [-0.2, 0) is 13.3 Å². The van der Waals surface area contributed by atoms with Gasteiger partial charge in [-0.25, -0.2) is 0 Å². The quantitative estimate of drug-likeness (QED) is 0.377. The fourth-order valence-corrected chi connectivity index (χ4v) is 0.716. The summed E-state index contributed by atoms with van der Waals surface area (Å²) >= 11 is 0.804. The molecule has 0 aliphatic carbocycles. The van der Waals surface area contributed by atoms with Gasteiger partial charge in [0.05, 0.1) is 6.61 Å². The molecule has 0 rings (SSSR count). The van der Waals surface area contributed by atoms with Crippen molar-refractivity contribution in [1.29, 1.82) is 0 Å². The predicted molar refractivity (Wildman–Crippen MR) is 41.8 cm³/mol. The zero-order valence-corrected chi connectivity index (χ0v) is 8.76. The molecule has 0 saturated heterocycles. The molecular weight excluding hydrogens is 147 g/mol. The van der Waals surface area contributed by atoms with E-state index in [4.69, 9.17) is 13.3 Å². The van der Waals surface area contributed by atoms with Gasteiger partial charge in [-0.3, -0.25) is 0 Å².